The van der Waals surface area contributed by atoms with Crippen LogP contribution in [0.5, 0.6) is 0 Å². The average molecular weight is 379 g/mol. The third-order valence-corrected chi connectivity index (χ3v) is 5.45. The number of likely N-dealkylation sites (tertiary alicyclic amines) is 1. The van der Waals surface area contributed by atoms with Crippen LogP contribution in [0.2, 0.25) is 0 Å². The van der Waals surface area contributed by atoms with Crippen molar-refractivity contribution < 1.29 is 0 Å². The van der Waals surface area contributed by atoms with Gasteiger partial charge in [-0.05, 0) is 49.4 Å². The molecule has 4 nitrogen and oxygen atoms in total. The maximum atomic E-state index is 6.22. The molecule has 0 amide bonds. The third kappa shape index (κ3) is 4.63. The van der Waals surface area contributed by atoms with Gasteiger partial charge in [-0.25, -0.2) is 0 Å². The van der Waals surface area contributed by atoms with Gasteiger partial charge in [0.2, 0.25) is 0 Å². The van der Waals surface area contributed by atoms with E-state index < -0.39 is 0 Å². The molecule has 2 fully saturated rings. The van der Waals surface area contributed by atoms with E-state index >= 15 is 0 Å². The van der Waals surface area contributed by atoms with E-state index in [1.54, 1.807) is 0 Å². The highest BCUT2D eigenvalue weighted by atomic mass is 79.9. The predicted molar refractivity (Wildman–Crippen MR) is 101 cm³/mol. The summed E-state index contributed by atoms with van der Waals surface area (Å²) < 4.78 is 1.13. The molecule has 2 aliphatic heterocycles. The normalized spacial score (nSPS) is 23.2. The minimum atomic E-state index is 0.615. The summed E-state index contributed by atoms with van der Waals surface area (Å²) in [6.07, 6.45) is 6.35. The molecule has 23 heavy (non-hydrogen) atoms. The number of anilines is 1. The van der Waals surface area contributed by atoms with E-state index in [4.69, 9.17) is 10.7 Å². The van der Waals surface area contributed by atoms with Gasteiger partial charge in [-0.2, -0.15) is 0 Å². The van der Waals surface area contributed by atoms with Crippen LogP contribution >= 0.6 is 15.9 Å². The number of halogens is 1. The number of nitrogens with zero attached hydrogens (tertiary/aromatic N) is 3. The number of nitrogens with two attached hydrogens (primary N) is 1. The zero-order valence-corrected chi connectivity index (χ0v) is 15.3. The highest BCUT2D eigenvalue weighted by Crippen LogP contribution is 2.25. The highest BCUT2D eigenvalue weighted by molar-refractivity contribution is 9.10. The first-order chi connectivity index (χ1) is 11.2. The largest absolute Gasteiger partial charge is 0.371 e. The van der Waals surface area contributed by atoms with Crippen LogP contribution in [0.15, 0.2) is 33.7 Å². The fourth-order valence-electron chi connectivity index (χ4n) is 3.49. The number of aliphatic imine (C=N–C) groups is 1. The molecule has 2 saturated heterocycles. The summed E-state index contributed by atoms with van der Waals surface area (Å²) in [4.78, 5) is 9.43. The second-order valence-electron chi connectivity index (χ2n) is 6.68. The van der Waals surface area contributed by atoms with Crippen molar-refractivity contribution in [2.24, 2.45) is 16.6 Å². The van der Waals surface area contributed by atoms with Crippen molar-refractivity contribution in [1.82, 2.24) is 4.90 Å². The predicted octanol–water partition coefficient (Wildman–Crippen LogP) is 3.47. The van der Waals surface area contributed by atoms with Gasteiger partial charge in [0.25, 0.3) is 0 Å². The minimum Gasteiger partial charge on any atom is -0.371 e. The quantitative estimate of drug-likeness (QED) is 0.646. The molecule has 0 aliphatic carbocycles. The van der Waals surface area contributed by atoms with Crippen molar-refractivity contribution in [3.05, 3.63) is 28.7 Å². The van der Waals surface area contributed by atoms with Gasteiger partial charge in [0.15, 0.2) is 5.96 Å². The summed E-state index contributed by atoms with van der Waals surface area (Å²) in [6.45, 7) is 5.20. The second-order valence-corrected chi connectivity index (χ2v) is 7.59. The molecule has 0 spiro atoms. The summed E-state index contributed by atoms with van der Waals surface area (Å²) in [6, 6.07) is 8.58. The highest BCUT2D eigenvalue weighted by Gasteiger charge is 2.22. The van der Waals surface area contributed by atoms with Crippen molar-refractivity contribution in [2.75, 3.05) is 37.6 Å². The van der Waals surface area contributed by atoms with Crippen molar-refractivity contribution in [3.8, 4) is 0 Å². The van der Waals surface area contributed by atoms with Gasteiger partial charge >= 0.3 is 0 Å². The SMILES string of the molecule is NC(=NCC1CCN(c2ccc(Br)cc2)C1)N1CCCCCC1. The van der Waals surface area contributed by atoms with E-state index in [0.717, 1.165) is 43.2 Å². The van der Waals surface area contributed by atoms with E-state index in [1.165, 1.54) is 37.8 Å². The Labute approximate surface area is 147 Å². The standard InChI is InChI=1S/C18H27BrN4/c19-16-5-7-17(8-6-16)23-12-9-15(14-23)13-21-18(20)22-10-3-1-2-4-11-22/h5-8,15H,1-4,9-14H2,(H2,20,21). The summed E-state index contributed by atoms with van der Waals surface area (Å²) in [5, 5.41) is 0. The number of hydrogen-bond acceptors (Lipinski definition) is 2. The molecule has 3 rings (SSSR count). The number of hydrogen-bond donors (Lipinski definition) is 1. The first-order valence-electron chi connectivity index (χ1n) is 8.78. The van der Waals surface area contributed by atoms with Gasteiger partial charge in [0, 0.05) is 42.9 Å². The molecule has 2 heterocycles. The first kappa shape index (κ1) is 16.6. The summed E-state index contributed by atoms with van der Waals surface area (Å²) in [5.74, 6) is 1.37. The monoisotopic (exact) mass is 378 g/mol. The van der Waals surface area contributed by atoms with Gasteiger partial charge in [0.05, 0.1) is 0 Å². The fraction of sp³-hybridized carbons (Fsp3) is 0.611. The first-order valence-corrected chi connectivity index (χ1v) is 9.57. The van der Waals surface area contributed by atoms with Gasteiger partial charge < -0.3 is 15.5 Å². The molecule has 0 bridgehead atoms. The Morgan fingerprint density at radius 3 is 2.48 bits per heavy atom. The Morgan fingerprint density at radius 1 is 1.09 bits per heavy atom. The van der Waals surface area contributed by atoms with Crippen molar-refractivity contribution >= 4 is 27.6 Å². The van der Waals surface area contributed by atoms with Crippen LogP contribution in [0, 0.1) is 5.92 Å². The molecule has 1 aromatic carbocycles. The lowest BCUT2D eigenvalue weighted by Crippen LogP contribution is -2.38. The van der Waals surface area contributed by atoms with Crippen molar-refractivity contribution in [1.29, 1.82) is 0 Å². The zero-order chi connectivity index (χ0) is 16.1. The van der Waals surface area contributed by atoms with Crippen LogP contribution in [0.3, 0.4) is 0 Å². The summed E-state index contributed by atoms with van der Waals surface area (Å²) in [7, 11) is 0. The van der Waals surface area contributed by atoms with Gasteiger partial charge in [-0.15, -0.1) is 0 Å². The molecular formula is C18H27BrN4. The van der Waals surface area contributed by atoms with E-state index in [1.807, 2.05) is 0 Å². The van der Waals surface area contributed by atoms with Gasteiger partial charge in [-0.1, -0.05) is 28.8 Å². The number of benzene rings is 1. The number of guanidine groups is 1. The fourth-order valence-corrected chi connectivity index (χ4v) is 3.75. The maximum Gasteiger partial charge on any atom is 0.191 e. The van der Waals surface area contributed by atoms with Gasteiger partial charge in [0.1, 0.15) is 0 Å². The minimum absolute atomic E-state index is 0.615. The molecule has 1 aromatic rings. The number of rotatable bonds is 3. The van der Waals surface area contributed by atoms with Gasteiger partial charge in [-0.3, -0.25) is 4.99 Å². The lowest BCUT2D eigenvalue weighted by atomic mass is 10.1. The Balaban J connectivity index is 1.51. The summed E-state index contributed by atoms with van der Waals surface area (Å²) >= 11 is 3.50. The van der Waals surface area contributed by atoms with Crippen LogP contribution in [-0.2, 0) is 0 Å². The molecule has 2 aliphatic rings. The zero-order valence-electron chi connectivity index (χ0n) is 13.8. The molecule has 1 unspecified atom stereocenters. The smallest absolute Gasteiger partial charge is 0.191 e. The van der Waals surface area contributed by atoms with Crippen LogP contribution in [0.4, 0.5) is 5.69 Å². The maximum absolute atomic E-state index is 6.22. The molecule has 5 heteroatoms. The van der Waals surface area contributed by atoms with Crippen LogP contribution in [0.25, 0.3) is 0 Å². The van der Waals surface area contributed by atoms with E-state index in [-0.39, 0.29) is 0 Å². The van der Waals surface area contributed by atoms with Crippen LogP contribution in [0.1, 0.15) is 32.1 Å². The molecular weight excluding hydrogens is 352 g/mol. The lowest BCUT2D eigenvalue weighted by molar-refractivity contribution is 0.426. The lowest BCUT2D eigenvalue weighted by Gasteiger charge is -2.22. The topological polar surface area (TPSA) is 44.9 Å². The molecule has 126 valence electrons. The Hall–Kier alpha value is -1.23. The third-order valence-electron chi connectivity index (χ3n) is 4.92. The Morgan fingerprint density at radius 2 is 1.78 bits per heavy atom. The van der Waals surface area contributed by atoms with E-state index in [9.17, 15) is 0 Å². The second kappa shape index (κ2) is 8.04. The summed E-state index contributed by atoms with van der Waals surface area (Å²) in [5.41, 5.74) is 7.52. The van der Waals surface area contributed by atoms with E-state index in [2.05, 4.69) is 50.0 Å². The Bertz CT molecular complexity index is 520. The molecule has 1 atom stereocenters. The Kier molecular flexibility index (Phi) is 5.81. The molecule has 0 aromatic heterocycles. The average Bonchev–Trinajstić information content (AvgIpc) is 2.86. The molecule has 0 saturated carbocycles. The van der Waals surface area contributed by atoms with Crippen molar-refractivity contribution in [3.63, 3.8) is 0 Å². The van der Waals surface area contributed by atoms with E-state index in [0.29, 0.717) is 5.92 Å². The molecule has 2 N–H and O–H groups in total. The molecule has 0 radical (unpaired) electrons. The van der Waals surface area contributed by atoms with Crippen molar-refractivity contribution in [2.45, 2.75) is 32.1 Å². The van der Waals surface area contributed by atoms with Crippen LogP contribution < -0.4 is 10.6 Å². The van der Waals surface area contributed by atoms with Crippen LogP contribution in [-0.4, -0.2) is 43.6 Å².